The van der Waals surface area contributed by atoms with Crippen LogP contribution in [-0.2, 0) is 18.9 Å². The van der Waals surface area contributed by atoms with Crippen LogP contribution in [0.4, 0.5) is 4.79 Å². The van der Waals surface area contributed by atoms with E-state index in [4.69, 9.17) is 18.9 Å². The average molecular weight is 321 g/mol. The van der Waals surface area contributed by atoms with Crippen molar-refractivity contribution in [2.24, 2.45) is 0 Å². The maximum Gasteiger partial charge on any atom is 1.00 e. The van der Waals surface area contributed by atoms with E-state index in [1.54, 1.807) is 4.90 Å². The predicted octanol–water partition coefficient (Wildman–Crippen LogP) is 0.0674. The zero-order valence-electron chi connectivity index (χ0n) is 15.5. The van der Waals surface area contributed by atoms with Crippen molar-refractivity contribution in [1.29, 1.82) is 0 Å². The van der Waals surface area contributed by atoms with E-state index in [-0.39, 0.29) is 36.6 Å². The first kappa shape index (κ1) is 20.8. The fraction of sp³-hybridized carbons (Fsp3) is 0.875. The topological polar surface area (TPSA) is 57.2 Å². The maximum absolute atomic E-state index is 12.4. The number of hydrogen-bond donors (Lipinski definition) is 0. The fourth-order valence-electron chi connectivity index (χ4n) is 3.05. The van der Waals surface area contributed by atoms with Crippen molar-refractivity contribution in [2.45, 2.75) is 77.5 Å². The van der Waals surface area contributed by atoms with Gasteiger partial charge in [-0.05, 0) is 48.0 Å². The monoisotopic (exact) mass is 321 g/mol. The molecule has 1 amide bonds. The van der Waals surface area contributed by atoms with Crippen LogP contribution in [0.25, 0.3) is 0 Å². The third kappa shape index (κ3) is 5.11. The Labute approximate surface area is 151 Å². The van der Waals surface area contributed by atoms with Crippen LogP contribution in [0.3, 0.4) is 0 Å². The quantitative estimate of drug-likeness (QED) is 0.544. The molecule has 23 heavy (non-hydrogen) atoms. The van der Waals surface area contributed by atoms with Gasteiger partial charge in [0.1, 0.15) is 5.72 Å². The van der Waals surface area contributed by atoms with Crippen LogP contribution in [0.15, 0.2) is 0 Å². The Morgan fingerprint density at radius 3 is 2.39 bits per heavy atom. The number of carbonyl (C=O) groups excluding carboxylic acids is 1. The number of hydrogen-bond acceptors (Lipinski definition) is 5. The summed E-state index contributed by atoms with van der Waals surface area (Å²) in [5.41, 5.74) is -1.04. The largest absolute Gasteiger partial charge is 1.00 e. The molecule has 1 unspecified atom stereocenters. The van der Waals surface area contributed by atoms with Gasteiger partial charge in [0.15, 0.2) is 5.79 Å². The van der Waals surface area contributed by atoms with Crippen LogP contribution in [0.2, 0.25) is 0 Å². The molecule has 2 fully saturated rings. The SMILES string of the molecule is CC1(C)OCCC(C[CH-]OC(=O)N2C(C)(C)COC2(C)C)O1.[Li+]. The summed E-state index contributed by atoms with van der Waals surface area (Å²) in [6.45, 7) is 14.1. The second-order valence-electron chi connectivity index (χ2n) is 7.45. The number of ether oxygens (including phenoxy) is 4. The van der Waals surface area contributed by atoms with Crippen molar-refractivity contribution < 1.29 is 42.6 Å². The molecule has 128 valence electrons. The van der Waals surface area contributed by atoms with Crippen LogP contribution >= 0.6 is 0 Å². The smallest absolute Gasteiger partial charge is 0.621 e. The Kier molecular flexibility index (Phi) is 6.62. The summed E-state index contributed by atoms with van der Waals surface area (Å²) in [4.78, 5) is 14.0. The number of nitrogens with zero attached hydrogens (tertiary/aromatic N) is 1. The second-order valence-corrected chi connectivity index (χ2v) is 7.45. The van der Waals surface area contributed by atoms with Crippen molar-refractivity contribution in [3.63, 3.8) is 0 Å². The molecule has 1 atom stereocenters. The molecule has 7 heteroatoms. The molecule has 0 aromatic heterocycles. The average Bonchev–Trinajstić information content (AvgIpc) is 2.57. The van der Waals surface area contributed by atoms with Gasteiger partial charge in [-0.2, -0.15) is 6.61 Å². The van der Waals surface area contributed by atoms with Gasteiger partial charge in [0.25, 0.3) is 0 Å². The van der Waals surface area contributed by atoms with Gasteiger partial charge in [-0.15, -0.1) is 6.42 Å². The third-order valence-corrected chi connectivity index (χ3v) is 3.99. The summed E-state index contributed by atoms with van der Waals surface area (Å²) < 4.78 is 22.3. The van der Waals surface area contributed by atoms with E-state index < -0.39 is 11.5 Å². The van der Waals surface area contributed by atoms with Gasteiger partial charge in [-0.25, -0.2) is 4.79 Å². The van der Waals surface area contributed by atoms with E-state index in [1.807, 2.05) is 41.5 Å². The third-order valence-electron chi connectivity index (χ3n) is 3.99. The van der Waals surface area contributed by atoms with E-state index in [9.17, 15) is 4.79 Å². The zero-order chi connectivity index (χ0) is 16.6. The van der Waals surface area contributed by atoms with Crippen LogP contribution in [0, 0.1) is 6.61 Å². The molecule has 0 aliphatic carbocycles. The van der Waals surface area contributed by atoms with E-state index in [2.05, 4.69) is 0 Å². The molecule has 0 spiro atoms. The van der Waals surface area contributed by atoms with Crippen molar-refractivity contribution >= 4 is 6.09 Å². The van der Waals surface area contributed by atoms with Gasteiger partial charge in [0, 0.05) is 6.10 Å². The van der Waals surface area contributed by atoms with Crippen LogP contribution in [0.1, 0.15) is 54.4 Å². The standard InChI is InChI=1S/C16H28NO5.Li/c1-14(2)11-21-15(3,4)17(14)13(18)19-9-7-12-8-10-20-16(5,6)22-12;/h9,12H,7-8,10-11H2,1-6H3;/q-1;+1. The number of amides is 1. The molecule has 0 aromatic carbocycles. The minimum Gasteiger partial charge on any atom is -0.621 e. The summed E-state index contributed by atoms with van der Waals surface area (Å²) in [7, 11) is 0. The molecule has 0 radical (unpaired) electrons. The van der Waals surface area contributed by atoms with Gasteiger partial charge in [-0.1, -0.05) is 0 Å². The molecule has 0 N–H and O–H groups in total. The molecule has 2 aliphatic heterocycles. The summed E-state index contributed by atoms with van der Waals surface area (Å²) in [5.74, 6) is -0.576. The van der Waals surface area contributed by atoms with Crippen LogP contribution in [0.5, 0.6) is 0 Å². The van der Waals surface area contributed by atoms with E-state index in [0.29, 0.717) is 19.6 Å². The van der Waals surface area contributed by atoms with Gasteiger partial charge in [0.2, 0.25) is 0 Å². The van der Waals surface area contributed by atoms with Crippen molar-refractivity contribution in [1.82, 2.24) is 4.90 Å². The molecular weight excluding hydrogens is 293 g/mol. The number of carbonyl (C=O) groups is 1. The molecule has 0 aromatic rings. The van der Waals surface area contributed by atoms with Crippen LogP contribution in [-0.4, -0.2) is 47.4 Å². The van der Waals surface area contributed by atoms with Gasteiger partial charge >= 0.3 is 25.0 Å². The van der Waals surface area contributed by atoms with E-state index >= 15 is 0 Å². The van der Waals surface area contributed by atoms with E-state index in [0.717, 1.165) is 6.42 Å². The zero-order valence-corrected chi connectivity index (χ0v) is 15.5. The van der Waals surface area contributed by atoms with Gasteiger partial charge < -0.3 is 18.9 Å². The summed E-state index contributed by atoms with van der Waals surface area (Å²) in [6.07, 6.45) is 0.960. The van der Waals surface area contributed by atoms with Crippen molar-refractivity contribution in [3.05, 3.63) is 6.61 Å². The minimum absolute atomic E-state index is 0. The van der Waals surface area contributed by atoms with Crippen molar-refractivity contribution in [3.8, 4) is 0 Å². The van der Waals surface area contributed by atoms with Gasteiger partial charge in [-0.3, -0.25) is 4.90 Å². The molecule has 2 aliphatic rings. The number of rotatable bonds is 3. The molecule has 2 saturated heterocycles. The predicted molar refractivity (Wildman–Crippen MR) is 80.9 cm³/mol. The molecule has 2 rings (SSSR count). The Hall–Kier alpha value is -0.253. The molecular formula is C16H28LiNO5. The first-order chi connectivity index (χ1) is 10.0. The van der Waals surface area contributed by atoms with E-state index in [1.165, 1.54) is 6.61 Å². The molecule has 0 bridgehead atoms. The Bertz CT molecular complexity index is 409. The Morgan fingerprint density at radius 2 is 1.87 bits per heavy atom. The van der Waals surface area contributed by atoms with Gasteiger partial charge in [0.05, 0.1) is 18.8 Å². The Balaban J connectivity index is 0.00000264. The summed E-state index contributed by atoms with van der Waals surface area (Å²) in [6, 6.07) is 0. The molecule has 0 saturated carbocycles. The minimum atomic E-state index is -0.661. The second kappa shape index (κ2) is 7.33. The summed E-state index contributed by atoms with van der Waals surface area (Å²) in [5, 5.41) is 0. The molecule has 2 heterocycles. The van der Waals surface area contributed by atoms with Crippen LogP contribution < -0.4 is 18.9 Å². The normalized spacial score (nSPS) is 28.1. The van der Waals surface area contributed by atoms with Crippen molar-refractivity contribution in [2.75, 3.05) is 13.2 Å². The molecule has 6 nitrogen and oxygen atoms in total. The maximum atomic E-state index is 12.4. The fourth-order valence-corrected chi connectivity index (χ4v) is 3.05. The Morgan fingerprint density at radius 1 is 1.22 bits per heavy atom. The first-order valence-corrected chi connectivity index (χ1v) is 7.82. The first-order valence-electron chi connectivity index (χ1n) is 7.82. The summed E-state index contributed by atoms with van der Waals surface area (Å²) >= 11 is 0.